The van der Waals surface area contributed by atoms with Crippen molar-refractivity contribution < 1.29 is 9.69 Å². The molecule has 0 saturated carbocycles. The van der Waals surface area contributed by atoms with Crippen LogP contribution in [0.3, 0.4) is 0 Å². The van der Waals surface area contributed by atoms with Gasteiger partial charge in [0.25, 0.3) is 5.91 Å². The number of nitrogens with one attached hydrogen (secondary N) is 2. The average Bonchev–Trinajstić information content (AvgIpc) is 3.15. The molecule has 2 N–H and O–H groups in total. The van der Waals surface area contributed by atoms with E-state index >= 15 is 0 Å². The van der Waals surface area contributed by atoms with E-state index in [1.54, 1.807) is 15.8 Å². The van der Waals surface area contributed by atoms with E-state index < -0.39 is 0 Å². The number of carbonyl (C=O) groups is 1. The SMILES string of the molecule is Cc1c(C(=O)NCc2ccc(N3CC[NH+](C)CC3)cc2)cnn1-c1ccc(Cl)cc1. The van der Waals surface area contributed by atoms with E-state index in [1.165, 1.54) is 18.8 Å². The first-order valence-electron chi connectivity index (χ1n) is 10.3. The molecule has 3 aromatic rings. The van der Waals surface area contributed by atoms with Crippen LogP contribution in [-0.2, 0) is 6.54 Å². The molecule has 0 radical (unpaired) electrons. The number of aromatic nitrogens is 2. The lowest BCUT2D eigenvalue weighted by Gasteiger charge is -2.31. The highest BCUT2D eigenvalue weighted by Crippen LogP contribution is 2.18. The van der Waals surface area contributed by atoms with Gasteiger partial charge in [0.15, 0.2) is 0 Å². The van der Waals surface area contributed by atoms with Gasteiger partial charge in [0.05, 0.1) is 56.4 Å². The Morgan fingerprint density at radius 3 is 2.37 bits per heavy atom. The quantitative estimate of drug-likeness (QED) is 0.659. The molecule has 0 unspecified atom stereocenters. The predicted octanol–water partition coefficient (Wildman–Crippen LogP) is 2.10. The van der Waals surface area contributed by atoms with Gasteiger partial charge in [0.1, 0.15) is 0 Å². The zero-order chi connectivity index (χ0) is 21.1. The molecule has 4 rings (SSSR count). The topological polar surface area (TPSA) is 54.6 Å². The van der Waals surface area contributed by atoms with E-state index in [-0.39, 0.29) is 5.91 Å². The number of nitrogens with zero attached hydrogens (tertiary/aromatic N) is 3. The Kier molecular flexibility index (Phi) is 6.06. The third-order valence-electron chi connectivity index (χ3n) is 5.70. The summed E-state index contributed by atoms with van der Waals surface area (Å²) in [6.07, 6.45) is 1.61. The first kappa shape index (κ1) is 20.4. The minimum Gasteiger partial charge on any atom is -0.360 e. The Hall–Kier alpha value is -2.83. The van der Waals surface area contributed by atoms with Crippen LogP contribution in [0.25, 0.3) is 5.69 Å². The second-order valence-corrected chi connectivity index (χ2v) is 8.26. The van der Waals surface area contributed by atoms with Crippen molar-refractivity contribution >= 4 is 23.2 Å². The molecule has 0 spiro atoms. The van der Waals surface area contributed by atoms with Gasteiger partial charge in [-0.05, 0) is 48.9 Å². The fraction of sp³-hybridized carbons (Fsp3) is 0.304. The normalized spacial score (nSPS) is 14.7. The number of piperazine rings is 1. The van der Waals surface area contributed by atoms with E-state index in [0.717, 1.165) is 30.0 Å². The van der Waals surface area contributed by atoms with Crippen molar-refractivity contribution in [1.82, 2.24) is 15.1 Å². The van der Waals surface area contributed by atoms with Crippen LogP contribution in [0.2, 0.25) is 5.02 Å². The van der Waals surface area contributed by atoms with E-state index in [9.17, 15) is 4.79 Å². The van der Waals surface area contributed by atoms with Crippen LogP contribution in [0, 0.1) is 6.92 Å². The maximum Gasteiger partial charge on any atom is 0.255 e. The molecule has 1 amide bonds. The maximum absolute atomic E-state index is 12.7. The second-order valence-electron chi connectivity index (χ2n) is 7.83. The second kappa shape index (κ2) is 8.90. The summed E-state index contributed by atoms with van der Waals surface area (Å²) in [5.74, 6) is -0.126. The molecule has 0 bridgehead atoms. The Bertz CT molecular complexity index is 1010. The summed E-state index contributed by atoms with van der Waals surface area (Å²) in [5.41, 5.74) is 4.56. The fourth-order valence-corrected chi connectivity index (χ4v) is 3.85. The largest absolute Gasteiger partial charge is 0.360 e. The molecule has 0 aliphatic carbocycles. The molecule has 156 valence electrons. The van der Waals surface area contributed by atoms with Gasteiger partial charge in [-0.3, -0.25) is 4.79 Å². The van der Waals surface area contributed by atoms with Gasteiger partial charge < -0.3 is 15.1 Å². The molecule has 6 nitrogen and oxygen atoms in total. The molecule has 30 heavy (non-hydrogen) atoms. The summed E-state index contributed by atoms with van der Waals surface area (Å²) >= 11 is 5.96. The molecule has 0 atom stereocenters. The van der Waals surface area contributed by atoms with Gasteiger partial charge in [-0.2, -0.15) is 5.10 Å². The molecule has 1 aromatic heterocycles. The highest BCUT2D eigenvalue weighted by Gasteiger charge is 2.17. The van der Waals surface area contributed by atoms with Gasteiger partial charge in [-0.1, -0.05) is 23.7 Å². The maximum atomic E-state index is 12.7. The third kappa shape index (κ3) is 4.50. The number of rotatable bonds is 5. The van der Waals surface area contributed by atoms with E-state index in [4.69, 9.17) is 11.6 Å². The first-order valence-corrected chi connectivity index (χ1v) is 10.6. The number of hydrogen-bond acceptors (Lipinski definition) is 3. The van der Waals surface area contributed by atoms with Crippen molar-refractivity contribution in [1.29, 1.82) is 0 Å². The molecule has 1 aliphatic rings. The lowest BCUT2D eigenvalue weighted by atomic mass is 10.1. The van der Waals surface area contributed by atoms with Crippen LogP contribution < -0.4 is 15.1 Å². The molecule has 1 saturated heterocycles. The highest BCUT2D eigenvalue weighted by atomic mass is 35.5. The van der Waals surface area contributed by atoms with E-state index in [0.29, 0.717) is 17.1 Å². The zero-order valence-electron chi connectivity index (χ0n) is 17.4. The van der Waals surface area contributed by atoms with Crippen LogP contribution in [0.1, 0.15) is 21.6 Å². The summed E-state index contributed by atoms with van der Waals surface area (Å²) < 4.78 is 1.75. The summed E-state index contributed by atoms with van der Waals surface area (Å²) in [5, 5.41) is 8.04. The zero-order valence-corrected chi connectivity index (χ0v) is 18.1. The lowest BCUT2D eigenvalue weighted by molar-refractivity contribution is -0.880. The van der Waals surface area contributed by atoms with Gasteiger partial charge in [-0.25, -0.2) is 4.68 Å². The van der Waals surface area contributed by atoms with E-state index in [1.807, 2.05) is 31.2 Å². The van der Waals surface area contributed by atoms with Crippen molar-refractivity contribution in [2.45, 2.75) is 13.5 Å². The van der Waals surface area contributed by atoms with E-state index in [2.05, 4.69) is 46.6 Å². The van der Waals surface area contributed by atoms with Gasteiger partial charge in [0, 0.05) is 17.3 Å². The standard InChI is InChI=1S/C23H26ClN5O/c1-17-22(16-26-29(17)21-9-5-19(24)6-10-21)23(30)25-15-18-3-7-20(8-4-18)28-13-11-27(2)12-14-28/h3-10,16H,11-15H2,1-2H3,(H,25,30)/p+1. The Labute approximate surface area is 182 Å². The number of anilines is 1. The van der Waals surface area contributed by atoms with Crippen molar-refractivity contribution in [3.05, 3.63) is 76.6 Å². The number of hydrogen-bond donors (Lipinski definition) is 2. The minimum atomic E-state index is -0.126. The number of likely N-dealkylation sites (N-methyl/N-ethyl adjacent to an activating group) is 1. The Morgan fingerprint density at radius 1 is 1.07 bits per heavy atom. The number of amides is 1. The van der Waals surface area contributed by atoms with Crippen molar-refractivity contribution in [2.24, 2.45) is 0 Å². The van der Waals surface area contributed by atoms with Gasteiger partial charge in [0.2, 0.25) is 0 Å². The average molecular weight is 425 g/mol. The molecular weight excluding hydrogens is 398 g/mol. The molecule has 1 fully saturated rings. The summed E-state index contributed by atoms with van der Waals surface area (Å²) in [7, 11) is 2.24. The number of quaternary nitrogens is 1. The number of halogens is 1. The Morgan fingerprint density at radius 2 is 1.70 bits per heavy atom. The molecule has 1 aliphatic heterocycles. The molecule has 2 heterocycles. The lowest BCUT2D eigenvalue weighted by Crippen LogP contribution is -3.12. The predicted molar refractivity (Wildman–Crippen MR) is 120 cm³/mol. The smallest absolute Gasteiger partial charge is 0.255 e. The van der Waals surface area contributed by atoms with Crippen molar-refractivity contribution in [3.63, 3.8) is 0 Å². The van der Waals surface area contributed by atoms with Crippen LogP contribution in [0.4, 0.5) is 5.69 Å². The molecule has 2 aromatic carbocycles. The number of benzene rings is 2. The van der Waals surface area contributed by atoms with Crippen LogP contribution in [0.5, 0.6) is 0 Å². The summed E-state index contributed by atoms with van der Waals surface area (Å²) in [4.78, 5) is 16.7. The molecule has 7 heteroatoms. The Balaban J connectivity index is 1.37. The fourth-order valence-electron chi connectivity index (χ4n) is 3.72. The third-order valence-corrected chi connectivity index (χ3v) is 5.95. The van der Waals surface area contributed by atoms with Crippen molar-refractivity contribution in [3.8, 4) is 5.69 Å². The summed E-state index contributed by atoms with van der Waals surface area (Å²) in [6, 6.07) is 15.9. The highest BCUT2D eigenvalue weighted by molar-refractivity contribution is 6.30. The van der Waals surface area contributed by atoms with Gasteiger partial charge >= 0.3 is 0 Å². The number of carbonyl (C=O) groups excluding carboxylic acids is 1. The van der Waals surface area contributed by atoms with Crippen LogP contribution >= 0.6 is 11.6 Å². The molecular formula is C23H27ClN5O+. The summed E-state index contributed by atoms with van der Waals surface area (Å²) in [6.45, 7) is 6.87. The monoisotopic (exact) mass is 424 g/mol. The van der Waals surface area contributed by atoms with Crippen molar-refractivity contribution in [2.75, 3.05) is 38.1 Å². The van der Waals surface area contributed by atoms with Crippen LogP contribution in [0.15, 0.2) is 54.7 Å². The first-order chi connectivity index (χ1) is 14.5. The minimum absolute atomic E-state index is 0.126. The van der Waals surface area contributed by atoms with Crippen LogP contribution in [-0.4, -0.2) is 48.9 Å². The van der Waals surface area contributed by atoms with Gasteiger partial charge in [-0.15, -0.1) is 0 Å².